The molecule has 2 rings (SSSR count). The van der Waals surface area contributed by atoms with E-state index in [1.807, 2.05) is 24.6 Å². The zero-order chi connectivity index (χ0) is 13.1. The van der Waals surface area contributed by atoms with E-state index in [-0.39, 0.29) is 11.6 Å². The molecule has 94 valence electrons. The van der Waals surface area contributed by atoms with Crippen molar-refractivity contribution in [2.24, 2.45) is 0 Å². The highest BCUT2D eigenvalue weighted by Gasteiger charge is 2.08. The molecule has 4 heteroatoms. The highest BCUT2D eigenvalue weighted by atomic mass is 19.1. The van der Waals surface area contributed by atoms with E-state index in [1.165, 1.54) is 24.3 Å². The Kier molecular flexibility index (Phi) is 3.55. The van der Waals surface area contributed by atoms with Crippen molar-refractivity contribution in [1.82, 2.24) is 9.78 Å². The van der Waals surface area contributed by atoms with Crippen molar-refractivity contribution in [1.29, 1.82) is 0 Å². The first-order chi connectivity index (χ1) is 8.56. The van der Waals surface area contributed by atoms with Gasteiger partial charge in [-0.2, -0.15) is 5.10 Å². The number of carbonyl (C=O) groups excluding carboxylic acids is 1. The van der Waals surface area contributed by atoms with Gasteiger partial charge in [-0.3, -0.25) is 9.48 Å². The lowest BCUT2D eigenvalue weighted by molar-refractivity contribution is 0.0975. The van der Waals surface area contributed by atoms with Crippen LogP contribution in [0, 0.1) is 19.7 Å². The predicted molar refractivity (Wildman–Crippen MR) is 67.0 cm³/mol. The molecular weight excluding hydrogens is 231 g/mol. The van der Waals surface area contributed by atoms with Crippen LogP contribution in [0.5, 0.6) is 0 Å². The van der Waals surface area contributed by atoms with Gasteiger partial charge in [-0.15, -0.1) is 0 Å². The minimum absolute atomic E-state index is 0.00236. The smallest absolute Gasteiger partial charge is 0.164 e. The minimum atomic E-state index is -0.329. The van der Waals surface area contributed by atoms with Crippen LogP contribution < -0.4 is 0 Å². The van der Waals surface area contributed by atoms with Gasteiger partial charge in [-0.05, 0) is 44.2 Å². The van der Waals surface area contributed by atoms with Gasteiger partial charge in [0.25, 0.3) is 0 Å². The summed E-state index contributed by atoms with van der Waals surface area (Å²) in [6.07, 6.45) is 0.369. The quantitative estimate of drug-likeness (QED) is 0.777. The number of hydrogen-bond donors (Lipinski definition) is 0. The van der Waals surface area contributed by atoms with Gasteiger partial charge in [0, 0.05) is 24.2 Å². The lowest BCUT2D eigenvalue weighted by Crippen LogP contribution is -2.08. The van der Waals surface area contributed by atoms with Crippen LogP contribution in [0.25, 0.3) is 0 Å². The Morgan fingerprint density at radius 3 is 2.50 bits per heavy atom. The van der Waals surface area contributed by atoms with Gasteiger partial charge in [0.2, 0.25) is 0 Å². The topological polar surface area (TPSA) is 34.9 Å². The van der Waals surface area contributed by atoms with E-state index in [0.717, 1.165) is 11.4 Å². The molecule has 1 heterocycles. The molecule has 1 aromatic heterocycles. The molecule has 0 radical (unpaired) electrons. The summed E-state index contributed by atoms with van der Waals surface area (Å²) >= 11 is 0. The average Bonchev–Trinajstić information content (AvgIpc) is 2.66. The largest absolute Gasteiger partial charge is 0.294 e. The number of aryl methyl sites for hydroxylation is 3. The van der Waals surface area contributed by atoms with Crippen LogP contribution in [0.1, 0.15) is 28.2 Å². The molecule has 0 saturated heterocycles. The second-order valence-electron chi connectivity index (χ2n) is 4.33. The summed E-state index contributed by atoms with van der Waals surface area (Å²) < 4.78 is 14.5. The molecule has 0 N–H and O–H groups in total. The molecule has 0 unspecified atom stereocenters. The highest BCUT2D eigenvalue weighted by molar-refractivity contribution is 5.95. The number of carbonyl (C=O) groups is 1. The molecule has 0 aliphatic carbocycles. The second kappa shape index (κ2) is 5.12. The second-order valence-corrected chi connectivity index (χ2v) is 4.33. The Bertz CT molecular complexity index is 558. The molecule has 0 amide bonds. The Labute approximate surface area is 105 Å². The summed E-state index contributed by atoms with van der Waals surface area (Å²) in [5.74, 6) is -0.326. The molecule has 0 spiro atoms. The molecule has 0 fully saturated rings. The fourth-order valence-electron chi connectivity index (χ4n) is 1.89. The first-order valence-electron chi connectivity index (χ1n) is 5.86. The third kappa shape index (κ3) is 2.83. The van der Waals surface area contributed by atoms with Crippen molar-refractivity contribution in [3.05, 3.63) is 53.1 Å². The van der Waals surface area contributed by atoms with Gasteiger partial charge >= 0.3 is 0 Å². The Morgan fingerprint density at radius 1 is 1.28 bits per heavy atom. The number of halogens is 1. The monoisotopic (exact) mass is 246 g/mol. The van der Waals surface area contributed by atoms with E-state index in [4.69, 9.17) is 0 Å². The summed E-state index contributed by atoms with van der Waals surface area (Å²) in [7, 11) is 0. The lowest BCUT2D eigenvalue weighted by Gasteiger charge is -2.04. The van der Waals surface area contributed by atoms with Crippen LogP contribution in [-0.2, 0) is 6.54 Å². The molecule has 18 heavy (non-hydrogen) atoms. The number of aromatic nitrogens is 2. The molecule has 0 aliphatic rings. The SMILES string of the molecule is Cc1cc(C)n(CCC(=O)c2ccc(F)cc2)n1. The molecule has 0 bridgehead atoms. The number of benzene rings is 1. The van der Waals surface area contributed by atoms with Crippen LogP contribution in [0.15, 0.2) is 30.3 Å². The van der Waals surface area contributed by atoms with Gasteiger partial charge in [-0.25, -0.2) is 4.39 Å². The summed E-state index contributed by atoms with van der Waals surface area (Å²) in [5, 5.41) is 4.29. The van der Waals surface area contributed by atoms with E-state index in [1.54, 1.807) is 0 Å². The van der Waals surface area contributed by atoms with E-state index in [9.17, 15) is 9.18 Å². The summed E-state index contributed by atoms with van der Waals surface area (Å²) in [4.78, 5) is 11.9. The Balaban J connectivity index is 2.00. The number of nitrogens with zero attached hydrogens (tertiary/aromatic N) is 2. The van der Waals surface area contributed by atoms with Crippen molar-refractivity contribution in [3.63, 3.8) is 0 Å². The van der Waals surface area contributed by atoms with Crippen LogP contribution in [0.4, 0.5) is 4.39 Å². The zero-order valence-electron chi connectivity index (χ0n) is 10.5. The summed E-state index contributed by atoms with van der Waals surface area (Å²) in [5.41, 5.74) is 2.53. The van der Waals surface area contributed by atoms with Gasteiger partial charge in [0.1, 0.15) is 5.82 Å². The summed E-state index contributed by atoms with van der Waals surface area (Å²) in [6, 6.07) is 7.60. The number of Topliss-reactive ketones (excluding diaryl/α,β-unsaturated/α-hetero) is 1. The van der Waals surface area contributed by atoms with Crippen molar-refractivity contribution < 1.29 is 9.18 Å². The van der Waals surface area contributed by atoms with E-state index < -0.39 is 0 Å². The number of rotatable bonds is 4. The fourth-order valence-corrected chi connectivity index (χ4v) is 1.89. The molecule has 0 saturated carbocycles. The maximum Gasteiger partial charge on any atom is 0.164 e. The van der Waals surface area contributed by atoms with Gasteiger partial charge in [0.15, 0.2) is 5.78 Å². The molecular formula is C14H15FN2O. The van der Waals surface area contributed by atoms with Crippen molar-refractivity contribution in [2.45, 2.75) is 26.8 Å². The maximum atomic E-state index is 12.7. The minimum Gasteiger partial charge on any atom is -0.294 e. The zero-order valence-corrected chi connectivity index (χ0v) is 10.5. The van der Waals surface area contributed by atoms with Crippen LogP contribution in [0.3, 0.4) is 0 Å². The predicted octanol–water partition coefficient (Wildman–Crippen LogP) is 2.91. The Morgan fingerprint density at radius 2 is 1.94 bits per heavy atom. The average molecular weight is 246 g/mol. The standard InChI is InChI=1S/C14H15FN2O/c1-10-9-11(2)17(16-10)8-7-14(18)12-3-5-13(15)6-4-12/h3-6,9H,7-8H2,1-2H3. The van der Waals surface area contributed by atoms with Crippen LogP contribution >= 0.6 is 0 Å². The van der Waals surface area contributed by atoms with Crippen molar-refractivity contribution in [2.75, 3.05) is 0 Å². The van der Waals surface area contributed by atoms with E-state index in [0.29, 0.717) is 18.5 Å². The van der Waals surface area contributed by atoms with Crippen molar-refractivity contribution >= 4 is 5.78 Å². The number of ketones is 1. The van der Waals surface area contributed by atoms with Crippen LogP contribution in [0.2, 0.25) is 0 Å². The lowest BCUT2D eigenvalue weighted by atomic mass is 10.1. The highest BCUT2D eigenvalue weighted by Crippen LogP contribution is 2.08. The Hall–Kier alpha value is -1.97. The maximum absolute atomic E-state index is 12.7. The molecule has 0 atom stereocenters. The molecule has 2 aromatic rings. The molecule has 3 nitrogen and oxygen atoms in total. The van der Waals surface area contributed by atoms with E-state index in [2.05, 4.69) is 5.10 Å². The number of hydrogen-bond acceptors (Lipinski definition) is 2. The van der Waals surface area contributed by atoms with Gasteiger partial charge in [-0.1, -0.05) is 0 Å². The molecule has 1 aromatic carbocycles. The van der Waals surface area contributed by atoms with Crippen LogP contribution in [-0.4, -0.2) is 15.6 Å². The van der Waals surface area contributed by atoms with Crippen molar-refractivity contribution in [3.8, 4) is 0 Å². The van der Waals surface area contributed by atoms with Gasteiger partial charge < -0.3 is 0 Å². The summed E-state index contributed by atoms with van der Waals surface area (Å²) in [6.45, 7) is 4.43. The molecule has 0 aliphatic heterocycles. The van der Waals surface area contributed by atoms with E-state index >= 15 is 0 Å². The first kappa shape index (κ1) is 12.5. The third-order valence-corrected chi connectivity index (χ3v) is 2.82. The normalized spacial score (nSPS) is 10.6. The fraction of sp³-hybridized carbons (Fsp3) is 0.286. The third-order valence-electron chi connectivity index (χ3n) is 2.82. The van der Waals surface area contributed by atoms with Gasteiger partial charge in [0.05, 0.1) is 5.69 Å². The first-order valence-corrected chi connectivity index (χ1v) is 5.86.